The SMILES string of the molecule is O=S(=O)([O-])c1ccc2ccccc2c1S(=O)(=O)OCC(F)(F)C(F)(F)C(F)(F)C(F)F.[Na+]. The maximum atomic E-state index is 13.6. The van der Waals surface area contributed by atoms with Crippen molar-refractivity contribution in [2.75, 3.05) is 6.61 Å². The molecule has 0 amide bonds. The van der Waals surface area contributed by atoms with Crippen LogP contribution >= 0.6 is 0 Å². The normalized spacial score (nSPS) is 13.9. The molecule has 6 nitrogen and oxygen atoms in total. The van der Waals surface area contributed by atoms with Gasteiger partial charge in [0, 0.05) is 5.39 Å². The number of hydrogen-bond acceptors (Lipinski definition) is 6. The minimum atomic E-state index is -6.75. The molecule has 0 saturated heterocycles. The standard InChI is InChI=1S/C15H10F8O6S2.Na/c16-12(17)14(20,21)15(22,23)13(18,19)7-29-31(27,28)11-9-4-2-1-3-8(9)5-6-10(11)30(24,25)26;/h1-6,12H,7H2,(H,24,25,26);/q;+1/p-1. The molecule has 0 fully saturated rings. The minimum Gasteiger partial charge on any atom is -0.744 e. The molecule has 0 radical (unpaired) electrons. The summed E-state index contributed by atoms with van der Waals surface area (Å²) < 4.78 is 166. The molecule has 0 aliphatic heterocycles. The van der Waals surface area contributed by atoms with Gasteiger partial charge in [0.25, 0.3) is 10.1 Å². The first-order valence-electron chi connectivity index (χ1n) is 7.65. The third-order valence-electron chi connectivity index (χ3n) is 3.91. The zero-order valence-corrected chi connectivity index (χ0v) is 19.2. The number of alkyl halides is 8. The van der Waals surface area contributed by atoms with Crippen LogP contribution in [0, 0.1) is 0 Å². The second-order valence-corrected chi connectivity index (χ2v) is 8.89. The van der Waals surface area contributed by atoms with Crippen molar-refractivity contribution in [3.05, 3.63) is 36.4 Å². The molecule has 0 N–H and O–H groups in total. The number of benzene rings is 2. The Morgan fingerprint density at radius 3 is 1.94 bits per heavy atom. The average molecular weight is 524 g/mol. The molecule has 0 aliphatic rings. The third kappa shape index (κ3) is 5.20. The van der Waals surface area contributed by atoms with Crippen LogP contribution in [-0.2, 0) is 24.4 Å². The van der Waals surface area contributed by atoms with Crippen molar-refractivity contribution in [3.63, 3.8) is 0 Å². The van der Waals surface area contributed by atoms with Gasteiger partial charge in [-0.1, -0.05) is 30.3 Å². The topological polar surface area (TPSA) is 101 Å². The predicted molar refractivity (Wildman–Crippen MR) is 85.9 cm³/mol. The minimum absolute atomic E-state index is 0. The van der Waals surface area contributed by atoms with Crippen LogP contribution < -0.4 is 29.6 Å². The van der Waals surface area contributed by atoms with E-state index >= 15 is 0 Å². The van der Waals surface area contributed by atoms with Crippen LogP contribution in [0.15, 0.2) is 46.2 Å². The van der Waals surface area contributed by atoms with Crippen molar-refractivity contribution < 1.29 is 90.3 Å². The first-order valence-corrected chi connectivity index (χ1v) is 10.5. The number of halogens is 8. The van der Waals surface area contributed by atoms with E-state index in [1.54, 1.807) is 0 Å². The summed E-state index contributed by atoms with van der Waals surface area (Å²) in [6.45, 7) is -3.06. The van der Waals surface area contributed by atoms with Gasteiger partial charge in [0.2, 0.25) is 0 Å². The van der Waals surface area contributed by atoms with Gasteiger partial charge in [-0.05, 0) is 11.5 Å². The van der Waals surface area contributed by atoms with Crippen LogP contribution in [0.1, 0.15) is 0 Å². The van der Waals surface area contributed by atoms with Crippen LogP contribution in [0.2, 0.25) is 0 Å². The van der Waals surface area contributed by atoms with Crippen molar-refractivity contribution in [1.29, 1.82) is 0 Å². The Balaban J connectivity index is 0.00000512. The predicted octanol–water partition coefficient (Wildman–Crippen LogP) is 0.624. The van der Waals surface area contributed by atoms with Gasteiger partial charge in [-0.15, -0.1) is 0 Å². The fourth-order valence-electron chi connectivity index (χ4n) is 2.36. The van der Waals surface area contributed by atoms with E-state index in [1.165, 1.54) is 12.1 Å². The Kier molecular flexibility index (Phi) is 8.43. The van der Waals surface area contributed by atoms with Gasteiger partial charge in [-0.25, -0.2) is 17.2 Å². The van der Waals surface area contributed by atoms with Crippen molar-refractivity contribution in [2.45, 2.75) is 34.0 Å². The first-order chi connectivity index (χ1) is 13.9. The number of rotatable bonds is 8. The molecule has 0 aliphatic carbocycles. The van der Waals surface area contributed by atoms with Gasteiger partial charge in [0.05, 0.1) is 4.90 Å². The summed E-state index contributed by atoms with van der Waals surface area (Å²) in [4.78, 5) is -3.01. The monoisotopic (exact) mass is 524 g/mol. The Morgan fingerprint density at radius 1 is 0.906 bits per heavy atom. The first kappa shape index (κ1) is 29.0. The Morgan fingerprint density at radius 2 is 1.44 bits per heavy atom. The summed E-state index contributed by atoms with van der Waals surface area (Å²) in [5.74, 6) is -19.5. The molecule has 0 spiro atoms. The van der Waals surface area contributed by atoms with Gasteiger partial charge >= 0.3 is 53.8 Å². The van der Waals surface area contributed by atoms with E-state index in [0.29, 0.717) is 6.07 Å². The molecular formula is C15H9F8NaO6S2. The molecule has 32 heavy (non-hydrogen) atoms. The summed E-state index contributed by atoms with van der Waals surface area (Å²) >= 11 is 0. The average Bonchev–Trinajstić information content (AvgIpc) is 2.64. The van der Waals surface area contributed by atoms with Crippen LogP contribution in [0.3, 0.4) is 0 Å². The van der Waals surface area contributed by atoms with E-state index in [2.05, 4.69) is 4.18 Å². The molecular weight excluding hydrogens is 515 g/mol. The Hall–Kier alpha value is -1.04. The second-order valence-electron chi connectivity index (χ2n) is 5.99. The van der Waals surface area contributed by atoms with Crippen LogP contribution in [0.4, 0.5) is 35.1 Å². The molecule has 0 heterocycles. The summed E-state index contributed by atoms with van der Waals surface area (Å²) in [6.07, 6.45) is -5.24. The third-order valence-corrected chi connectivity index (χ3v) is 6.29. The number of hydrogen-bond donors (Lipinski definition) is 0. The zero-order chi connectivity index (χ0) is 24.0. The van der Waals surface area contributed by atoms with E-state index in [9.17, 15) is 56.5 Å². The molecule has 0 saturated carbocycles. The summed E-state index contributed by atoms with van der Waals surface area (Å²) in [7, 11) is -11.4. The van der Waals surface area contributed by atoms with Crippen molar-refractivity contribution in [3.8, 4) is 0 Å². The molecule has 17 heteroatoms. The molecule has 0 unspecified atom stereocenters. The largest absolute Gasteiger partial charge is 1.00 e. The molecule has 0 aromatic heterocycles. The molecule has 2 aromatic carbocycles. The fraction of sp³-hybridized carbons (Fsp3) is 0.333. The van der Waals surface area contributed by atoms with Gasteiger partial charge in [0.15, 0.2) is 0 Å². The van der Waals surface area contributed by atoms with Crippen LogP contribution in [-0.4, -0.2) is 52.2 Å². The van der Waals surface area contributed by atoms with E-state index in [1.807, 2.05) is 0 Å². The summed E-state index contributed by atoms with van der Waals surface area (Å²) in [6, 6.07) is 6.00. The molecule has 174 valence electrons. The molecule has 2 rings (SSSR count). The quantitative estimate of drug-likeness (QED) is 0.217. The Labute approximate surface area is 197 Å². The van der Waals surface area contributed by atoms with Crippen LogP contribution in [0.5, 0.6) is 0 Å². The molecule has 2 aromatic rings. The van der Waals surface area contributed by atoms with E-state index in [0.717, 1.165) is 18.2 Å². The zero-order valence-electron chi connectivity index (χ0n) is 15.5. The van der Waals surface area contributed by atoms with E-state index in [4.69, 9.17) is 0 Å². The second kappa shape index (κ2) is 9.31. The van der Waals surface area contributed by atoms with Gasteiger partial charge in [0.1, 0.15) is 21.6 Å². The van der Waals surface area contributed by atoms with E-state index < -0.39 is 66.2 Å². The van der Waals surface area contributed by atoms with Crippen molar-refractivity contribution in [2.24, 2.45) is 0 Å². The summed E-state index contributed by atoms with van der Waals surface area (Å²) in [5.41, 5.74) is 0. The van der Waals surface area contributed by atoms with Crippen molar-refractivity contribution >= 4 is 31.0 Å². The van der Waals surface area contributed by atoms with Gasteiger partial charge < -0.3 is 4.55 Å². The molecule has 0 bridgehead atoms. The fourth-order valence-corrected chi connectivity index (χ4v) is 4.73. The maximum absolute atomic E-state index is 13.6. The van der Waals surface area contributed by atoms with Gasteiger partial charge in [-0.2, -0.15) is 34.8 Å². The number of fused-ring (bicyclic) bond motifs is 1. The van der Waals surface area contributed by atoms with E-state index in [-0.39, 0.29) is 34.9 Å². The Bertz CT molecular complexity index is 1200. The van der Waals surface area contributed by atoms with Crippen LogP contribution in [0.25, 0.3) is 10.8 Å². The van der Waals surface area contributed by atoms with Gasteiger partial charge in [-0.3, -0.25) is 4.18 Å². The van der Waals surface area contributed by atoms with Crippen molar-refractivity contribution in [1.82, 2.24) is 0 Å². The maximum Gasteiger partial charge on any atom is 1.00 e. The smallest absolute Gasteiger partial charge is 0.744 e. The molecule has 0 atom stereocenters. The summed E-state index contributed by atoms with van der Waals surface area (Å²) in [5, 5.41) is -0.620.